The Labute approximate surface area is 116 Å². The van der Waals surface area contributed by atoms with Gasteiger partial charge in [0.2, 0.25) is 0 Å². The van der Waals surface area contributed by atoms with Gasteiger partial charge in [-0.15, -0.1) is 0 Å². The average molecular weight is 270 g/mol. The summed E-state index contributed by atoms with van der Waals surface area (Å²) < 4.78 is 13.1. The lowest BCUT2D eigenvalue weighted by Gasteiger charge is -2.16. The average Bonchev–Trinajstić information content (AvgIpc) is 2.81. The lowest BCUT2D eigenvalue weighted by molar-refractivity contribution is 0.0750. The van der Waals surface area contributed by atoms with Crippen LogP contribution in [0.25, 0.3) is 0 Å². The fourth-order valence-corrected chi connectivity index (χ4v) is 2.60. The van der Waals surface area contributed by atoms with Gasteiger partial charge < -0.3 is 10.6 Å². The van der Waals surface area contributed by atoms with E-state index in [1.807, 2.05) is 18.2 Å². The first-order chi connectivity index (χ1) is 9.54. The summed E-state index contributed by atoms with van der Waals surface area (Å²) >= 11 is 0. The van der Waals surface area contributed by atoms with E-state index in [0.29, 0.717) is 29.9 Å². The SMILES string of the molecule is Cc1cc(F)ccc1C(=O)N1Cc2ccc(N)cc2C1. The number of nitrogens with two attached hydrogens (primary N) is 1. The molecule has 3 rings (SSSR count). The Bertz CT molecular complexity index is 697. The Kier molecular flexibility index (Phi) is 2.93. The third kappa shape index (κ3) is 2.13. The van der Waals surface area contributed by atoms with Crippen molar-refractivity contribution in [2.24, 2.45) is 0 Å². The monoisotopic (exact) mass is 270 g/mol. The Morgan fingerprint density at radius 1 is 1.15 bits per heavy atom. The molecular formula is C16H15FN2O. The third-order valence-electron chi connectivity index (χ3n) is 3.66. The Hall–Kier alpha value is -2.36. The van der Waals surface area contributed by atoms with Crippen LogP contribution >= 0.6 is 0 Å². The molecular weight excluding hydrogens is 255 g/mol. The first kappa shape index (κ1) is 12.7. The van der Waals surface area contributed by atoms with Crippen molar-refractivity contribution in [3.05, 3.63) is 64.5 Å². The Morgan fingerprint density at radius 3 is 2.65 bits per heavy atom. The summed E-state index contributed by atoms with van der Waals surface area (Å²) in [7, 11) is 0. The zero-order chi connectivity index (χ0) is 14.3. The first-order valence-electron chi connectivity index (χ1n) is 6.47. The summed E-state index contributed by atoms with van der Waals surface area (Å²) in [5.74, 6) is -0.395. The molecule has 0 spiro atoms. The maximum absolute atomic E-state index is 13.1. The van der Waals surface area contributed by atoms with Crippen molar-refractivity contribution in [3.8, 4) is 0 Å². The molecule has 2 N–H and O–H groups in total. The number of benzene rings is 2. The number of aryl methyl sites for hydroxylation is 1. The number of anilines is 1. The van der Waals surface area contributed by atoms with E-state index in [1.54, 1.807) is 17.9 Å². The van der Waals surface area contributed by atoms with Crippen molar-refractivity contribution < 1.29 is 9.18 Å². The number of nitrogens with zero attached hydrogens (tertiary/aromatic N) is 1. The normalized spacial score (nSPS) is 13.4. The number of carbonyl (C=O) groups is 1. The summed E-state index contributed by atoms with van der Waals surface area (Å²) in [5, 5.41) is 0. The van der Waals surface area contributed by atoms with Gasteiger partial charge in [0.1, 0.15) is 5.82 Å². The molecule has 0 saturated heterocycles. The topological polar surface area (TPSA) is 46.3 Å². The molecule has 0 aromatic heterocycles. The standard InChI is InChI=1S/C16H15FN2O/c1-10-6-13(17)3-5-15(10)16(20)19-8-11-2-4-14(18)7-12(11)9-19/h2-7H,8-9,18H2,1H3. The number of nitrogen functional groups attached to an aromatic ring is 1. The predicted octanol–water partition coefficient (Wildman–Crippen LogP) is 2.87. The summed E-state index contributed by atoms with van der Waals surface area (Å²) in [6.45, 7) is 2.87. The van der Waals surface area contributed by atoms with Gasteiger partial charge in [0.25, 0.3) is 5.91 Å². The van der Waals surface area contributed by atoms with E-state index in [-0.39, 0.29) is 11.7 Å². The Balaban J connectivity index is 1.87. The van der Waals surface area contributed by atoms with Crippen LogP contribution in [0.3, 0.4) is 0 Å². The van der Waals surface area contributed by atoms with Gasteiger partial charge in [-0.3, -0.25) is 4.79 Å². The van der Waals surface area contributed by atoms with E-state index in [2.05, 4.69) is 0 Å². The zero-order valence-corrected chi connectivity index (χ0v) is 11.2. The van der Waals surface area contributed by atoms with Crippen LogP contribution in [0.2, 0.25) is 0 Å². The minimum absolute atomic E-state index is 0.0720. The molecule has 4 heteroatoms. The van der Waals surface area contributed by atoms with Gasteiger partial charge in [0, 0.05) is 24.3 Å². The first-order valence-corrected chi connectivity index (χ1v) is 6.47. The molecule has 2 aromatic carbocycles. The van der Waals surface area contributed by atoms with Crippen molar-refractivity contribution in [3.63, 3.8) is 0 Å². The lowest BCUT2D eigenvalue weighted by Crippen LogP contribution is -2.26. The predicted molar refractivity (Wildman–Crippen MR) is 75.6 cm³/mol. The Morgan fingerprint density at radius 2 is 1.90 bits per heavy atom. The van der Waals surface area contributed by atoms with Crippen molar-refractivity contribution in [2.75, 3.05) is 5.73 Å². The van der Waals surface area contributed by atoms with Gasteiger partial charge in [0.15, 0.2) is 0 Å². The third-order valence-corrected chi connectivity index (χ3v) is 3.66. The molecule has 3 nitrogen and oxygen atoms in total. The molecule has 2 aromatic rings. The quantitative estimate of drug-likeness (QED) is 0.810. The van der Waals surface area contributed by atoms with E-state index >= 15 is 0 Å². The second-order valence-corrected chi connectivity index (χ2v) is 5.15. The van der Waals surface area contributed by atoms with Crippen LogP contribution in [0.15, 0.2) is 36.4 Å². The lowest BCUT2D eigenvalue weighted by atomic mass is 10.1. The highest BCUT2D eigenvalue weighted by Gasteiger charge is 2.25. The fraction of sp³-hybridized carbons (Fsp3) is 0.188. The van der Waals surface area contributed by atoms with Gasteiger partial charge >= 0.3 is 0 Å². The van der Waals surface area contributed by atoms with Gasteiger partial charge in [-0.05, 0) is 53.9 Å². The minimum Gasteiger partial charge on any atom is -0.399 e. The second-order valence-electron chi connectivity index (χ2n) is 5.15. The van der Waals surface area contributed by atoms with Crippen LogP contribution in [0, 0.1) is 12.7 Å². The van der Waals surface area contributed by atoms with Gasteiger partial charge in [0.05, 0.1) is 0 Å². The van der Waals surface area contributed by atoms with E-state index in [0.717, 1.165) is 11.1 Å². The van der Waals surface area contributed by atoms with Crippen LogP contribution in [-0.2, 0) is 13.1 Å². The number of carbonyl (C=O) groups excluding carboxylic acids is 1. The highest BCUT2D eigenvalue weighted by molar-refractivity contribution is 5.96. The molecule has 102 valence electrons. The summed E-state index contributed by atoms with van der Waals surface area (Å²) in [6.07, 6.45) is 0. The maximum Gasteiger partial charge on any atom is 0.254 e. The van der Waals surface area contributed by atoms with E-state index < -0.39 is 0 Å². The zero-order valence-electron chi connectivity index (χ0n) is 11.2. The van der Waals surface area contributed by atoms with Crippen molar-refractivity contribution in [2.45, 2.75) is 20.0 Å². The van der Waals surface area contributed by atoms with E-state index in [9.17, 15) is 9.18 Å². The van der Waals surface area contributed by atoms with Gasteiger partial charge in [-0.25, -0.2) is 4.39 Å². The molecule has 1 aliphatic heterocycles. The molecule has 0 atom stereocenters. The highest BCUT2D eigenvalue weighted by atomic mass is 19.1. The summed E-state index contributed by atoms with van der Waals surface area (Å²) in [5.41, 5.74) is 9.87. The molecule has 0 aliphatic carbocycles. The number of amides is 1. The number of hydrogen-bond donors (Lipinski definition) is 1. The second kappa shape index (κ2) is 4.63. The molecule has 1 aliphatic rings. The number of halogens is 1. The van der Waals surface area contributed by atoms with Gasteiger partial charge in [-0.1, -0.05) is 6.07 Å². The largest absolute Gasteiger partial charge is 0.399 e. The van der Waals surface area contributed by atoms with E-state index in [1.165, 1.54) is 12.1 Å². The van der Waals surface area contributed by atoms with Crippen LogP contribution in [0.5, 0.6) is 0 Å². The van der Waals surface area contributed by atoms with E-state index in [4.69, 9.17) is 5.73 Å². The molecule has 0 bridgehead atoms. The molecule has 0 fully saturated rings. The molecule has 0 saturated carbocycles. The smallest absolute Gasteiger partial charge is 0.254 e. The van der Waals surface area contributed by atoms with Crippen LogP contribution in [0.4, 0.5) is 10.1 Å². The number of fused-ring (bicyclic) bond motifs is 1. The number of rotatable bonds is 1. The molecule has 1 amide bonds. The van der Waals surface area contributed by atoms with Crippen molar-refractivity contribution in [1.29, 1.82) is 0 Å². The highest BCUT2D eigenvalue weighted by Crippen LogP contribution is 2.26. The number of hydrogen-bond acceptors (Lipinski definition) is 2. The van der Waals surface area contributed by atoms with Crippen molar-refractivity contribution in [1.82, 2.24) is 4.90 Å². The maximum atomic E-state index is 13.1. The van der Waals surface area contributed by atoms with Crippen molar-refractivity contribution >= 4 is 11.6 Å². The molecule has 0 radical (unpaired) electrons. The summed E-state index contributed by atoms with van der Waals surface area (Å²) in [4.78, 5) is 14.3. The molecule has 20 heavy (non-hydrogen) atoms. The van der Waals surface area contributed by atoms with Crippen LogP contribution in [0.1, 0.15) is 27.0 Å². The van der Waals surface area contributed by atoms with Crippen LogP contribution < -0.4 is 5.73 Å². The minimum atomic E-state index is -0.323. The molecule has 0 unspecified atom stereocenters. The fourth-order valence-electron chi connectivity index (χ4n) is 2.60. The van der Waals surface area contributed by atoms with Crippen LogP contribution in [-0.4, -0.2) is 10.8 Å². The van der Waals surface area contributed by atoms with Gasteiger partial charge in [-0.2, -0.15) is 0 Å². The molecule has 1 heterocycles. The summed E-state index contributed by atoms with van der Waals surface area (Å²) in [6, 6.07) is 9.95.